The molecule has 88 valence electrons. The van der Waals surface area contributed by atoms with E-state index in [1.807, 2.05) is 0 Å². The Balaban J connectivity index is 3.48. The van der Waals surface area contributed by atoms with Crippen LogP contribution in [0.15, 0.2) is 6.20 Å². The van der Waals surface area contributed by atoms with Crippen molar-refractivity contribution in [1.29, 1.82) is 0 Å². The number of alkyl halides is 3. The predicted molar refractivity (Wildman–Crippen MR) is 62.8 cm³/mol. The van der Waals surface area contributed by atoms with Crippen LogP contribution in [0, 0.1) is 3.57 Å². The number of halogens is 4. The minimum Gasteiger partial charge on any atom is -0.465 e. The zero-order valence-corrected chi connectivity index (χ0v) is 11.1. The molecule has 0 saturated heterocycles. The van der Waals surface area contributed by atoms with E-state index in [0.29, 0.717) is 3.57 Å². The van der Waals surface area contributed by atoms with Gasteiger partial charge < -0.3 is 4.74 Å². The number of ether oxygens (including phenoxy) is 1. The Bertz CT molecular complexity index is 415. The van der Waals surface area contributed by atoms with Crippen molar-refractivity contribution in [1.82, 2.24) is 4.98 Å². The molecule has 0 aromatic carbocycles. The molecule has 0 saturated carbocycles. The second-order valence-corrected chi connectivity index (χ2v) is 4.20. The monoisotopic (exact) mass is 361 g/mol. The highest BCUT2D eigenvalue weighted by atomic mass is 127. The van der Waals surface area contributed by atoms with E-state index in [0.717, 1.165) is 7.11 Å². The van der Waals surface area contributed by atoms with E-state index in [-0.39, 0.29) is 17.1 Å². The SMILES string of the molecule is COC(=O)c1c(I)cnc(CCl)c1C(F)F. The lowest BCUT2D eigenvalue weighted by molar-refractivity contribution is 0.0587. The summed E-state index contributed by atoms with van der Waals surface area (Å²) in [5, 5.41) is 0. The predicted octanol–water partition coefficient (Wildman–Crippen LogP) is 3.15. The number of carbonyl (C=O) groups excluding carboxylic acids is 1. The van der Waals surface area contributed by atoms with Gasteiger partial charge >= 0.3 is 5.97 Å². The Kier molecular flexibility index (Phi) is 4.85. The van der Waals surface area contributed by atoms with Crippen LogP contribution in [-0.2, 0) is 10.6 Å². The maximum absolute atomic E-state index is 12.8. The molecular weight excluding hydrogens is 354 g/mol. The van der Waals surface area contributed by atoms with Crippen LogP contribution in [0.1, 0.15) is 28.0 Å². The van der Waals surface area contributed by atoms with Crippen LogP contribution < -0.4 is 0 Å². The Morgan fingerprint density at radius 3 is 2.75 bits per heavy atom. The summed E-state index contributed by atoms with van der Waals surface area (Å²) >= 11 is 7.25. The van der Waals surface area contributed by atoms with Gasteiger partial charge in [-0.1, -0.05) is 0 Å². The Hall–Kier alpha value is -0.500. The number of methoxy groups -OCH3 is 1. The summed E-state index contributed by atoms with van der Waals surface area (Å²) in [6, 6.07) is 0. The van der Waals surface area contributed by atoms with Gasteiger partial charge in [0.1, 0.15) is 0 Å². The molecule has 16 heavy (non-hydrogen) atoms. The first-order valence-electron chi connectivity index (χ1n) is 4.12. The van der Waals surface area contributed by atoms with Crippen molar-refractivity contribution in [3.05, 3.63) is 26.6 Å². The molecule has 0 radical (unpaired) electrons. The Labute approximate surface area is 109 Å². The van der Waals surface area contributed by atoms with E-state index < -0.39 is 18.0 Å². The molecule has 0 unspecified atom stereocenters. The molecule has 0 amide bonds. The molecule has 0 aliphatic rings. The molecule has 0 bridgehead atoms. The highest BCUT2D eigenvalue weighted by molar-refractivity contribution is 14.1. The van der Waals surface area contributed by atoms with Crippen molar-refractivity contribution in [2.24, 2.45) is 0 Å². The summed E-state index contributed by atoms with van der Waals surface area (Å²) in [6.45, 7) is 0. The topological polar surface area (TPSA) is 39.2 Å². The molecule has 0 aliphatic carbocycles. The zero-order chi connectivity index (χ0) is 12.3. The summed E-state index contributed by atoms with van der Waals surface area (Å²) in [7, 11) is 1.13. The standard InChI is InChI=1S/C9H7ClF2INO2/c1-16-9(15)6-4(13)3-14-5(2-10)7(6)8(11)12/h3,8H,2H2,1H3. The molecule has 1 aromatic rings. The van der Waals surface area contributed by atoms with Gasteiger partial charge in [-0.3, -0.25) is 4.98 Å². The number of rotatable bonds is 3. The van der Waals surface area contributed by atoms with Gasteiger partial charge in [0.05, 0.1) is 29.8 Å². The number of hydrogen-bond donors (Lipinski definition) is 0. The maximum atomic E-state index is 12.8. The zero-order valence-electron chi connectivity index (χ0n) is 8.14. The lowest BCUT2D eigenvalue weighted by Gasteiger charge is -2.12. The molecule has 1 aromatic heterocycles. The van der Waals surface area contributed by atoms with Gasteiger partial charge in [-0.15, -0.1) is 11.6 Å². The minimum absolute atomic E-state index is 0.00233. The van der Waals surface area contributed by atoms with Crippen LogP contribution in [0.25, 0.3) is 0 Å². The van der Waals surface area contributed by atoms with Gasteiger partial charge in [-0.25, -0.2) is 13.6 Å². The van der Waals surface area contributed by atoms with Crippen LogP contribution in [0.5, 0.6) is 0 Å². The molecule has 3 nitrogen and oxygen atoms in total. The van der Waals surface area contributed by atoms with Gasteiger partial charge in [0.2, 0.25) is 0 Å². The van der Waals surface area contributed by atoms with E-state index in [1.54, 1.807) is 22.6 Å². The number of aromatic nitrogens is 1. The van der Waals surface area contributed by atoms with Crippen molar-refractivity contribution in [3.8, 4) is 0 Å². The quantitative estimate of drug-likeness (QED) is 0.472. The Morgan fingerprint density at radius 2 is 2.31 bits per heavy atom. The van der Waals surface area contributed by atoms with Crippen LogP contribution >= 0.6 is 34.2 Å². The van der Waals surface area contributed by atoms with E-state index in [1.165, 1.54) is 6.20 Å². The van der Waals surface area contributed by atoms with Crippen molar-refractivity contribution in [2.75, 3.05) is 7.11 Å². The summed E-state index contributed by atoms with van der Waals surface area (Å²) in [4.78, 5) is 15.2. The van der Waals surface area contributed by atoms with Crippen LogP contribution in [0.2, 0.25) is 0 Å². The van der Waals surface area contributed by atoms with Crippen LogP contribution in [0.3, 0.4) is 0 Å². The molecule has 0 aliphatic heterocycles. The average molecular weight is 362 g/mol. The first kappa shape index (κ1) is 13.6. The molecular formula is C9H7ClF2INO2. The lowest BCUT2D eigenvalue weighted by atomic mass is 10.1. The highest BCUT2D eigenvalue weighted by Gasteiger charge is 2.26. The normalized spacial score (nSPS) is 10.6. The molecule has 0 spiro atoms. The van der Waals surface area contributed by atoms with Crippen molar-refractivity contribution >= 4 is 40.2 Å². The third kappa shape index (κ3) is 2.60. The second kappa shape index (κ2) is 5.72. The summed E-state index contributed by atoms with van der Waals surface area (Å²) in [6.07, 6.45) is -1.50. The van der Waals surface area contributed by atoms with Crippen LogP contribution in [-0.4, -0.2) is 18.1 Å². The number of nitrogens with zero attached hydrogens (tertiary/aromatic N) is 1. The van der Waals surface area contributed by atoms with E-state index >= 15 is 0 Å². The molecule has 1 heterocycles. The first-order chi connectivity index (χ1) is 7.52. The molecule has 7 heteroatoms. The fourth-order valence-electron chi connectivity index (χ4n) is 1.19. The molecule has 0 N–H and O–H groups in total. The van der Waals surface area contributed by atoms with Crippen molar-refractivity contribution in [2.45, 2.75) is 12.3 Å². The number of pyridine rings is 1. The fourth-order valence-corrected chi connectivity index (χ4v) is 2.06. The first-order valence-corrected chi connectivity index (χ1v) is 5.74. The third-order valence-corrected chi connectivity index (χ3v) is 2.96. The molecule has 0 fully saturated rings. The van der Waals surface area contributed by atoms with E-state index in [2.05, 4.69) is 9.72 Å². The molecule has 0 atom stereocenters. The van der Waals surface area contributed by atoms with Gasteiger partial charge in [-0.05, 0) is 22.6 Å². The van der Waals surface area contributed by atoms with Crippen molar-refractivity contribution in [3.63, 3.8) is 0 Å². The second-order valence-electron chi connectivity index (χ2n) is 2.77. The minimum atomic E-state index is -2.81. The van der Waals surface area contributed by atoms with Gasteiger partial charge in [0, 0.05) is 9.77 Å². The Morgan fingerprint density at radius 1 is 1.69 bits per heavy atom. The largest absolute Gasteiger partial charge is 0.465 e. The fraction of sp³-hybridized carbons (Fsp3) is 0.333. The smallest absolute Gasteiger partial charge is 0.339 e. The number of esters is 1. The number of carbonyl (C=O) groups is 1. The van der Waals surface area contributed by atoms with Gasteiger partial charge in [0.15, 0.2) is 0 Å². The molecule has 1 rings (SSSR count). The number of hydrogen-bond acceptors (Lipinski definition) is 3. The van der Waals surface area contributed by atoms with Gasteiger partial charge in [0.25, 0.3) is 6.43 Å². The third-order valence-electron chi connectivity index (χ3n) is 1.89. The summed E-state index contributed by atoms with van der Waals surface area (Å²) in [5.74, 6) is -0.992. The summed E-state index contributed by atoms with van der Waals surface area (Å²) < 4.78 is 30.5. The lowest BCUT2D eigenvalue weighted by Crippen LogP contribution is -2.12. The van der Waals surface area contributed by atoms with E-state index in [4.69, 9.17) is 11.6 Å². The average Bonchev–Trinajstić information content (AvgIpc) is 2.27. The van der Waals surface area contributed by atoms with Crippen LogP contribution in [0.4, 0.5) is 8.78 Å². The van der Waals surface area contributed by atoms with Crippen molar-refractivity contribution < 1.29 is 18.3 Å². The summed E-state index contributed by atoms with van der Waals surface area (Å²) in [5.41, 5.74) is -0.616. The van der Waals surface area contributed by atoms with E-state index in [9.17, 15) is 13.6 Å². The highest BCUT2D eigenvalue weighted by Crippen LogP contribution is 2.30. The maximum Gasteiger partial charge on any atom is 0.339 e. The van der Waals surface area contributed by atoms with Gasteiger partial charge in [-0.2, -0.15) is 0 Å².